The van der Waals surface area contributed by atoms with Crippen molar-refractivity contribution in [1.82, 2.24) is 10.6 Å². The minimum absolute atomic E-state index is 0.750. The second-order valence-corrected chi connectivity index (χ2v) is 5.72. The van der Waals surface area contributed by atoms with Crippen LogP contribution in [0.25, 0.3) is 10.8 Å². The standard InChI is InChI=1S/C18H24N2/c1-2-9-18-15(5-1)6-3-7-16(18)10-13-19-14-11-17-8-4-12-20-17/h1-3,5-7,9,17,19-20H,4,8,10-14H2. The summed E-state index contributed by atoms with van der Waals surface area (Å²) >= 11 is 0. The Bertz CT molecular complexity index is 539. The van der Waals surface area contributed by atoms with E-state index in [4.69, 9.17) is 0 Å². The van der Waals surface area contributed by atoms with E-state index in [1.54, 1.807) is 0 Å². The summed E-state index contributed by atoms with van der Waals surface area (Å²) < 4.78 is 0. The zero-order valence-corrected chi connectivity index (χ0v) is 12.1. The minimum atomic E-state index is 0.750. The number of rotatable bonds is 6. The molecule has 0 spiro atoms. The number of fused-ring (bicyclic) bond motifs is 1. The third-order valence-electron chi connectivity index (χ3n) is 4.28. The Balaban J connectivity index is 1.47. The molecule has 0 aromatic heterocycles. The van der Waals surface area contributed by atoms with Crippen LogP contribution in [0.15, 0.2) is 42.5 Å². The van der Waals surface area contributed by atoms with Gasteiger partial charge in [-0.1, -0.05) is 42.5 Å². The number of benzene rings is 2. The van der Waals surface area contributed by atoms with Crippen LogP contribution in [0.3, 0.4) is 0 Å². The highest BCUT2D eigenvalue weighted by atomic mass is 14.9. The van der Waals surface area contributed by atoms with Crippen molar-refractivity contribution in [2.24, 2.45) is 0 Å². The largest absolute Gasteiger partial charge is 0.316 e. The maximum atomic E-state index is 3.59. The van der Waals surface area contributed by atoms with E-state index in [0.29, 0.717) is 0 Å². The Kier molecular flexibility index (Phi) is 4.67. The lowest BCUT2D eigenvalue weighted by molar-refractivity contribution is 0.525. The predicted octanol–water partition coefficient (Wildman–Crippen LogP) is 3.11. The van der Waals surface area contributed by atoms with Crippen molar-refractivity contribution < 1.29 is 0 Å². The molecule has 0 saturated carbocycles. The lowest BCUT2D eigenvalue weighted by atomic mass is 10.0. The van der Waals surface area contributed by atoms with Crippen molar-refractivity contribution in [1.29, 1.82) is 0 Å². The van der Waals surface area contributed by atoms with Crippen LogP contribution >= 0.6 is 0 Å². The van der Waals surface area contributed by atoms with Gasteiger partial charge < -0.3 is 10.6 Å². The number of hydrogen-bond acceptors (Lipinski definition) is 2. The van der Waals surface area contributed by atoms with Crippen LogP contribution in [0.4, 0.5) is 0 Å². The van der Waals surface area contributed by atoms with Gasteiger partial charge in [0.25, 0.3) is 0 Å². The van der Waals surface area contributed by atoms with Crippen LogP contribution in [0, 0.1) is 0 Å². The van der Waals surface area contributed by atoms with Crippen LogP contribution in [-0.4, -0.2) is 25.7 Å². The Morgan fingerprint density at radius 1 is 1.05 bits per heavy atom. The van der Waals surface area contributed by atoms with Crippen molar-refractivity contribution in [2.75, 3.05) is 19.6 Å². The summed E-state index contributed by atoms with van der Waals surface area (Å²) in [5.74, 6) is 0. The molecule has 2 aromatic rings. The monoisotopic (exact) mass is 268 g/mol. The SMILES string of the molecule is c1ccc2c(CCNCCC3CCCN3)cccc2c1. The summed E-state index contributed by atoms with van der Waals surface area (Å²) in [7, 11) is 0. The van der Waals surface area contributed by atoms with Gasteiger partial charge in [0.2, 0.25) is 0 Å². The molecule has 1 aliphatic heterocycles. The third-order valence-corrected chi connectivity index (χ3v) is 4.28. The average Bonchev–Trinajstić information content (AvgIpc) is 3.00. The molecule has 1 aliphatic rings. The minimum Gasteiger partial charge on any atom is -0.316 e. The van der Waals surface area contributed by atoms with Crippen LogP contribution < -0.4 is 10.6 Å². The van der Waals surface area contributed by atoms with Gasteiger partial charge in [-0.3, -0.25) is 0 Å². The van der Waals surface area contributed by atoms with Crippen LogP contribution in [0.2, 0.25) is 0 Å². The first kappa shape index (κ1) is 13.6. The molecule has 0 bridgehead atoms. The molecule has 1 heterocycles. The summed E-state index contributed by atoms with van der Waals surface area (Å²) in [6.07, 6.45) is 5.07. The molecular formula is C18H24N2. The Morgan fingerprint density at radius 2 is 1.95 bits per heavy atom. The maximum absolute atomic E-state index is 3.59. The molecular weight excluding hydrogens is 244 g/mol. The molecule has 106 valence electrons. The van der Waals surface area contributed by atoms with Gasteiger partial charge in [0, 0.05) is 6.04 Å². The second-order valence-electron chi connectivity index (χ2n) is 5.72. The Labute approximate surface area is 121 Å². The van der Waals surface area contributed by atoms with Gasteiger partial charge in [-0.25, -0.2) is 0 Å². The molecule has 1 atom stereocenters. The van der Waals surface area contributed by atoms with Gasteiger partial charge in [-0.05, 0) is 61.7 Å². The summed E-state index contributed by atoms with van der Waals surface area (Å²) in [5.41, 5.74) is 1.45. The van der Waals surface area contributed by atoms with E-state index in [-0.39, 0.29) is 0 Å². The first-order valence-corrected chi connectivity index (χ1v) is 7.84. The van der Waals surface area contributed by atoms with Crippen LogP contribution in [0.5, 0.6) is 0 Å². The zero-order chi connectivity index (χ0) is 13.6. The van der Waals surface area contributed by atoms with E-state index < -0.39 is 0 Å². The van der Waals surface area contributed by atoms with Gasteiger partial charge in [-0.2, -0.15) is 0 Å². The molecule has 0 amide bonds. The molecule has 2 heteroatoms. The van der Waals surface area contributed by atoms with Crippen LogP contribution in [0.1, 0.15) is 24.8 Å². The van der Waals surface area contributed by atoms with Gasteiger partial charge in [-0.15, -0.1) is 0 Å². The van der Waals surface area contributed by atoms with Crippen molar-refractivity contribution in [2.45, 2.75) is 31.7 Å². The van der Waals surface area contributed by atoms with Gasteiger partial charge >= 0.3 is 0 Å². The van der Waals surface area contributed by atoms with Gasteiger partial charge in [0.1, 0.15) is 0 Å². The Hall–Kier alpha value is -1.38. The number of hydrogen-bond donors (Lipinski definition) is 2. The van der Waals surface area contributed by atoms with E-state index in [1.165, 1.54) is 42.1 Å². The van der Waals surface area contributed by atoms with Crippen molar-refractivity contribution >= 4 is 10.8 Å². The van der Waals surface area contributed by atoms with E-state index in [9.17, 15) is 0 Å². The Morgan fingerprint density at radius 3 is 2.85 bits per heavy atom. The summed E-state index contributed by atoms with van der Waals surface area (Å²) in [5, 5.41) is 9.88. The molecule has 1 fully saturated rings. The highest BCUT2D eigenvalue weighted by molar-refractivity contribution is 5.85. The second kappa shape index (κ2) is 6.87. The highest BCUT2D eigenvalue weighted by Gasteiger charge is 2.12. The molecule has 1 saturated heterocycles. The highest BCUT2D eigenvalue weighted by Crippen LogP contribution is 2.18. The quantitative estimate of drug-likeness (QED) is 0.787. The first-order chi connectivity index (χ1) is 9.93. The fraction of sp³-hybridized carbons (Fsp3) is 0.444. The zero-order valence-electron chi connectivity index (χ0n) is 12.1. The fourth-order valence-electron chi connectivity index (χ4n) is 3.14. The van der Waals surface area contributed by atoms with E-state index in [1.807, 2.05) is 0 Å². The molecule has 1 unspecified atom stereocenters. The third kappa shape index (κ3) is 3.38. The first-order valence-electron chi connectivity index (χ1n) is 7.84. The van der Waals surface area contributed by atoms with Gasteiger partial charge in [0.15, 0.2) is 0 Å². The van der Waals surface area contributed by atoms with Crippen molar-refractivity contribution in [3.63, 3.8) is 0 Å². The molecule has 2 N–H and O–H groups in total. The van der Waals surface area contributed by atoms with Crippen LogP contribution in [-0.2, 0) is 6.42 Å². The molecule has 20 heavy (non-hydrogen) atoms. The topological polar surface area (TPSA) is 24.1 Å². The summed E-state index contributed by atoms with van der Waals surface area (Å²) in [6, 6.07) is 16.0. The number of nitrogens with one attached hydrogen (secondary N) is 2. The summed E-state index contributed by atoms with van der Waals surface area (Å²) in [4.78, 5) is 0. The molecule has 3 rings (SSSR count). The molecule has 2 nitrogen and oxygen atoms in total. The molecule has 0 radical (unpaired) electrons. The van der Waals surface area contributed by atoms with E-state index >= 15 is 0 Å². The fourth-order valence-corrected chi connectivity index (χ4v) is 3.14. The lowest BCUT2D eigenvalue weighted by Crippen LogP contribution is -2.28. The molecule has 0 aliphatic carbocycles. The van der Waals surface area contributed by atoms with Crippen molar-refractivity contribution in [3.05, 3.63) is 48.0 Å². The van der Waals surface area contributed by atoms with Crippen molar-refractivity contribution in [3.8, 4) is 0 Å². The van der Waals surface area contributed by atoms with E-state index in [0.717, 1.165) is 25.6 Å². The normalized spacial score (nSPS) is 18.7. The van der Waals surface area contributed by atoms with E-state index in [2.05, 4.69) is 53.1 Å². The maximum Gasteiger partial charge on any atom is 0.00796 e. The summed E-state index contributed by atoms with van der Waals surface area (Å²) in [6.45, 7) is 3.41. The smallest absolute Gasteiger partial charge is 0.00796 e. The molecule has 2 aromatic carbocycles. The predicted molar refractivity (Wildman–Crippen MR) is 86.2 cm³/mol. The average molecular weight is 268 g/mol. The van der Waals surface area contributed by atoms with Gasteiger partial charge in [0.05, 0.1) is 0 Å². The lowest BCUT2D eigenvalue weighted by Gasteiger charge is -2.11.